The first-order valence-electron chi connectivity index (χ1n) is 9.57. The first kappa shape index (κ1) is 17.8. The molecule has 2 heterocycles. The Morgan fingerprint density at radius 1 is 0.767 bits per heavy atom. The van der Waals surface area contributed by atoms with E-state index in [0.717, 1.165) is 27.7 Å². The summed E-state index contributed by atoms with van der Waals surface area (Å²) in [5.74, 6) is 0. The molecule has 0 radical (unpaired) electrons. The zero-order chi connectivity index (χ0) is 20.5. The van der Waals surface area contributed by atoms with Gasteiger partial charge < -0.3 is 4.57 Å². The van der Waals surface area contributed by atoms with Gasteiger partial charge in [-0.2, -0.15) is 0 Å². The number of hydrogen-bond acceptors (Lipinski definition) is 3. The second-order valence-electron chi connectivity index (χ2n) is 7.00. The largest absolute Gasteiger partial charge is 0.317 e. The lowest BCUT2D eigenvalue weighted by molar-refractivity contribution is -0.384. The molecule has 5 heteroatoms. The van der Waals surface area contributed by atoms with E-state index in [1.54, 1.807) is 12.3 Å². The maximum absolute atomic E-state index is 11.4. The van der Waals surface area contributed by atoms with Gasteiger partial charge in [0.2, 0.25) is 0 Å². The van der Waals surface area contributed by atoms with Crippen LogP contribution >= 0.6 is 0 Å². The van der Waals surface area contributed by atoms with Crippen molar-refractivity contribution in [3.8, 4) is 28.1 Å². The molecule has 0 fully saturated rings. The van der Waals surface area contributed by atoms with E-state index in [2.05, 4.69) is 39.9 Å². The fourth-order valence-electron chi connectivity index (χ4n) is 3.73. The van der Waals surface area contributed by atoms with Crippen molar-refractivity contribution in [3.05, 3.63) is 114 Å². The molecule has 0 aliphatic heterocycles. The standard InChI is InChI=1S/C25H17N3O2/c29-28(30)23-10-5-14-26-25(23)21-12-11-19-13-15-27(24(19)17-21)22-9-4-8-20(16-22)18-6-2-1-3-7-18/h1-17H. The molecule has 0 saturated heterocycles. The Morgan fingerprint density at radius 2 is 1.60 bits per heavy atom. The van der Waals surface area contributed by atoms with Crippen LogP contribution in [0, 0.1) is 10.1 Å². The average molecular weight is 391 g/mol. The summed E-state index contributed by atoms with van der Waals surface area (Å²) in [6.45, 7) is 0. The number of aromatic nitrogens is 2. The van der Waals surface area contributed by atoms with E-state index in [1.807, 2.05) is 54.7 Å². The minimum Gasteiger partial charge on any atom is -0.317 e. The Morgan fingerprint density at radius 3 is 2.43 bits per heavy atom. The summed E-state index contributed by atoms with van der Waals surface area (Å²) in [4.78, 5) is 15.3. The summed E-state index contributed by atoms with van der Waals surface area (Å²) in [7, 11) is 0. The molecule has 5 rings (SSSR count). The molecule has 144 valence electrons. The highest BCUT2D eigenvalue weighted by Gasteiger charge is 2.17. The summed E-state index contributed by atoms with van der Waals surface area (Å²) in [6.07, 6.45) is 3.60. The van der Waals surface area contributed by atoms with Gasteiger partial charge >= 0.3 is 0 Å². The van der Waals surface area contributed by atoms with Crippen molar-refractivity contribution in [2.24, 2.45) is 0 Å². The Bertz CT molecular complexity index is 1370. The highest BCUT2D eigenvalue weighted by atomic mass is 16.6. The lowest BCUT2D eigenvalue weighted by Gasteiger charge is -2.10. The maximum atomic E-state index is 11.4. The molecule has 0 amide bonds. The first-order chi connectivity index (χ1) is 14.7. The minimum atomic E-state index is -0.394. The van der Waals surface area contributed by atoms with Crippen molar-refractivity contribution in [2.75, 3.05) is 0 Å². The number of nitro groups is 1. The Hall–Kier alpha value is -4.25. The van der Waals surface area contributed by atoms with Crippen LogP contribution in [0.1, 0.15) is 0 Å². The van der Waals surface area contributed by atoms with Gasteiger partial charge in [-0.25, -0.2) is 4.98 Å². The van der Waals surface area contributed by atoms with Crippen LogP contribution < -0.4 is 0 Å². The Balaban J connectivity index is 1.64. The van der Waals surface area contributed by atoms with Crippen molar-refractivity contribution in [1.29, 1.82) is 0 Å². The topological polar surface area (TPSA) is 61.0 Å². The molecule has 0 spiro atoms. The molecule has 0 N–H and O–H groups in total. The first-order valence-corrected chi connectivity index (χ1v) is 9.57. The third-order valence-corrected chi connectivity index (χ3v) is 5.18. The van der Waals surface area contributed by atoms with E-state index in [0.29, 0.717) is 11.3 Å². The summed E-state index contributed by atoms with van der Waals surface area (Å²) in [6, 6.07) is 29.5. The zero-order valence-corrected chi connectivity index (χ0v) is 16.0. The quantitative estimate of drug-likeness (QED) is 0.268. The molecule has 0 aliphatic rings. The molecule has 30 heavy (non-hydrogen) atoms. The predicted molar refractivity (Wildman–Crippen MR) is 119 cm³/mol. The van der Waals surface area contributed by atoms with Gasteiger partial charge in [0.25, 0.3) is 5.69 Å². The lowest BCUT2D eigenvalue weighted by atomic mass is 10.0. The van der Waals surface area contributed by atoms with Crippen molar-refractivity contribution >= 4 is 16.6 Å². The Labute approximate surface area is 173 Å². The van der Waals surface area contributed by atoms with Crippen LogP contribution in [0.3, 0.4) is 0 Å². The third-order valence-electron chi connectivity index (χ3n) is 5.18. The fraction of sp³-hybridized carbons (Fsp3) is 0. The van der Waals surface area contributed by atoms with Gasteiger partial charge in [0, 0.05) is 29.7 Å². The molecule has 3 aromatic carbocycles. The second-order valence-corrected chi connectivity index (χ2v) is 7.00. The van der Waals surface area contributed by atoms with Crippen molar-refractivity contribution in [3.63, 3.8) is 0 Å². The van der Waals surface area contributed by atoms with Crippen molar-refractivity contribution < 1.29 is 4.92 Å². The highest BCUT2D eigenvalue weighted by Crippen LogP contribution is 2.31. The van der Waals surface area contributed by atoms with Crippen LogP contribution in [0.5, 0.6) is 0 Å². The monoisotopic (exact) mass is 391 g/mol. The normalized spacial score (nSPS) is 10.9. The van der Waals surface area contributed by atoms with Crippen LogP contribution in [0.15, 0.2) is 103 Å². The number of hydrogen-bond donors (Lipinski definition) is 0. The molecule has 5 nitrogen and oxygen atoms in total. The summed E-state index contributed by atoms with van der Waals surface area (Å²) in [5.41, 5.74) is 5.37. The molecule has 0 unspecified atom stereocenters. The van der Waals surface area contributed by atoms with Gasteiger partial charge in [-0.1, -0.05) is 54.6 Å². The molecular formula is C25H17N3O2. The number of nitrogens with zero attached hydrogens (tertiary/aromatic N) is 3. The molecule has 0 saturated carbocycles. The fourth-order valence-corrected chi connectivity index (χ4v) is 3.73. The summed E-state index contributed by atoms with van der Waals surface area (Å²) < 4.78 is 2.10. The third kappa shape index (κ3) is 3.12. The SMILES string of the molecule is O=[N+]([O-])c1cccnc1-c1ccc2ccn(-c3cccc(-c4ccccc4)c3)c2c1. The van der Waals surface area contributed by atoms with E-state index < -0.39 is 4.92 Å². The van der Waals surface area contributed by atoms with Crippen LogP contribution in [-0.4, -0.2) is 14.5 Å². The van der Waals surface area contributed by atoms with Gasteiger partial charge in [-0.3, -0.25) is 10.1 Å². The van der Waals surface area contributed by atoms with Gasteiger partial charge in [-0.05, 0) is 46.8 Å². The maximum Gasteiger partial charge on any atom is 0.295 e. The Kier molecular flexibility index (Phi) is 4.33. The molecule has 0 aliphatic carbocycles. The van der Waals surface area contributed by atoms with Crippen LogP contribution in [0.25, 0.3) is 39.0 Å². The van der Waals surface area contributed by atoms with Crippen molar-refractivity contribution in [2.45, 2.75) is 0 Å². The summed E-state index contributed by atoms with van der Waals surface area (Å²) >= 11 is 0. The summed E-state index contributed by atoms with van der Waals surface area (Å²) in [5, 5.41) is 12.5. The number of fused-ring (bicyclic) bond motifs is 1. The van der Waals surface area contributed by atoms with Gasteiger partial charge in [0.05, 0.1) is 10.4 Å². The average Bonchev–Trinajstić information content (AvgIpc) is 3.23. The van der Waals surface area contributed by atoms with Crippen molar-refractivity contribution in [1.82, 2.24) is 9.55 Å². The molecular weight excluding hydrogens is 374 g/mol. The van der Waals surface area contributed by atoms with E-state index in [9.17, 15) is 10.1 Å². The molecule has 0 atom stereocenters. The number of pyridine rings is 1. The van der Waals surface area contributed by atoms with Gasteiger partial charge in [-0.15, -0.1) is 0 Å². The highest BCUT2D eigenvalue weighted by molar-refractivity contribution is 5.87. The smallest absolute Gasteiger partial charge is 0.295 e. The van der Waals surface area contributed by atoms with Crippen LogP contribution in [0.2, 0.25) is 0 Å². The van der Waals surface area contributed by atoms with Gasteiger partial charge in [0.15, 0.2) is 0 Å². The number of rotatable bonds is 4. The zero-order valence-electron chi connectivity index (χ0n) is 16.0. The van der Waals surface area contributed by atoms with Crippen LogP contribution in [-0.2, 0) is 0 Å². The lowest BCUT2D eigenvalue weighted by Crippen LogP contribution is -1.95. The predicted octanol–water partition coefficient (Wildman–Crippen LogP) is 6.27. The van der Waals surface area contributed by atoms with E-state index in [1.165, 1.54) is 6.07 Å². The van der Waals surface area contributed by atoms with E-state index in [-0.39, 0.29) is 5.69 Å². The molecule has 2 aromatic heterocycles. The number of benzene rings is 3. The second kappa shape index (κ2) is 7.29. The van der Waals surface area contributed by atoms with Crippen LogP contribution in [0.4, 0.5) is 5.69 Å². The molecule has 5 aromatic rings. The van der Waals surface area contributed by atoms with Gasteiger partial charge in [0.1, 0.15) is 5.69 Å². The van der Waals surface area contributed by atoms with E-state index >= 15 is 0 Å². The van der Waals surface area contributed by atoms with E-state index in [4.69, 9.17) is 0 Å². The minimum absolute atomic E-state index is 0.000955. The molecule has 0 bridgehead atoms.